The molecule has 3 aromatic rings. The van der Waals surface area contributed by atoms with Gasteiger partial charge in [0.2, 0.25) is 0 Å². The second-order valence-corrected chi connectivity index (χ2v) is 6.64. The molecule has 6 nitrogen and oxygen atoms in total. The van der Waals surface area contributed by atoms with Crippen LogP contribution >= 0.6 is 0 Å². The molecule has 7 heteroatoms. The van der Waals surface area contributed by atoms with Crippen molar-refractivity contribution in [2.75, 3.05) is 14.1 Å². The fourth-order valence-corrected chi connectivity index (χ4v) is 3.51. The summed E-state index contributed by atoms with van der Waals surface area (Å²) in [6, 6.07) is 4.56. The Morgan fingerprint density at radius 2 is 2.21 bits per heavy atom. The fraction of sp³-hybridized carbons (Fsp3) is 0.294. The van der Waals surface area contributed by atoms with Gasteiger partial charge >= 0.3 is 5.16 Å². The van der Waals surface area contributed by atoms with Gasteiger partial charge in [-0.15, -0.1) is 0 Å². The molecule has 0 bridgehead atoms. The van der Waals surface area contributed by atoms with Crippen LogP contribution in [-0.2, 0) is 16.9 Å². The molecule has 24 heavy (non-hydrogen) atoms. The van der Waals surface area contributed by atoms with Crippen LogP contribution in [0.25, 0.3) is 11.0 Å². The molecule has 2 aromatic heterocycles. The highest BCUT2D eigenvalue weighted by Crippen LogP contribution is 2.27. The van der Waals surface area contributed by atoms with Gasteiger partial charge in [0.25, 0.3) is 0 Å². The van der Waals surface area contributed by atoms with Gasteiger partial charge in [0.1, 0.15) is 11.5 Å². The minimum Gasteiger partial charge on any atom is -0.609 e. The van der Waals surface area contributed by atoms with E-state index < -0.39 is 25.3 Å². The van der Waals surface area contributed by atoms with E-state index in [1.807, 2.05) is 0 Å². The van der Waals surface area contributed by atoms with E-state index in [0.29, 0.717) is 33.6 Å². The van der Waals surface area contributed by atoms with Gasteiger partial charge in [0.15, 0.2) is 5.75 Å². The lowest BCUT2D eigenvalue weighted by Gasteiger charge is -2.13. The lowest BCUT2D eigenvalue weighted by atomic mass is 10.1. The largest absolute Gasteiger partial charge is 0.609 e. The Bertz CT molecular complexity index is 1030. The molecule has 2 heterocycles. The molecule has 0 aliphatic carbocycles. The summed E-state index contributed by atoms with van der Waals surface area (Å²) >= 11 is -1.56. The Hall–Kier alpha value is -2.25. The molecule has 0 radical (unpaired) electrons. The van der Waals surface area contributed by atoms with Gasteiger partial charge in [-0.1, -0.05) is 0 Å². The second kappa shape index (κ2) is 6.70. The van der Waals surface area contributed by atoms with E-state index >= 15 is 0 Å². The van der Waals surface area contributed by atoms with Crippen molar-refractivity contribution >= 4 is 22.2 Å². The number of aromatic nitrogens is 3. The summed E-state index contributed by atoms with van der Waals surface area (Å²) in [5, 5.41) is 0.217. The van der Waals surface area contributed by atoms with E-state index in [1.165, 1.54) is 12.1 Å². The molecule has 0 saturated heterocycles. The maximum Gasteiger partial charge on any atom is 0.322 e. The highest BCUT2D eigenvalue weighted by Gasteiger charge is 2.21. The number of pyridine rings is 1. The number of ether oxygens (including phenoxy) is 2. The number of benzene rings is 1. The van der Waals surface area contributed by atoms with Crippen LogP contribution in [0.15, 0.2) is 29.6 Å². The molecule has 126 valence electrons. The Balaban J connectivity index is 1.84. The summed E-state index contributed by atoms with van der Waals surface area (Å²) in [5.74, 6) is 0.583. The van der Waals surface area contributed by atoms with E-state index in [-0.39, 0.29) is 16.7 Å². The molecule has 1 N–H and O–H groups in total. The zero-order valence-electron chi connectivity index (χ0n) is 18.1. The predicted molar refractivity (Wildman–Crippen MR) is 93.0 cm³/mol. The SMILES string of the molecule is [2H]C([2H])Oc1c(C)cnc(C[S@+]([O-])c2nc3cc(OC([2H])([2H])[2H])ccc3[nH]2)c1C. The van der Waals surface area contributed by atoms with Crippen molar-refractivity contribution in [2.45, 2.75) is 24.8 Å². The van der Waals surface area contributed by atoms with E-state index in [2.05, 4.69) is 15.0 Å². The van der Waals surface area contributed by atoms with Gasteiger partial charge in [0.05, 0.1) is 37.7 Å². The Morgan fingerprint density at radius 3 is 3.00 bits per heavy atom. The van der Waals surface area contributed by atoms with Gasteiger partial charge in [-0.3, -0.25) is 9.97 Å². The van der Waals surface area contributed by atoms with Gasteiger partial charge in [-0.2, -0.15) is 4.98 Å². The monoisotopic (exact) mass is 350 g/mol. The maximum absolute atomic E-state index is 12.8. The van der Waals surface area contributed by atoms with Crippen LogP contribution in [0, 0.1) is 13.8 Å². The number of aromatic amines is 1. The van der Waals surface area contributed by atoms with Crippen molar-refractivity contribution in [1.82, 2.24) is 15.0 Å². The quantitative estimate of drug-likeness (QED) is 0.715. The molecular weight excluding hydrogens is 326 g/mol. The van der Waals surface area contributed by atoms with Crippen molar-refractivity contribution < 1.29 is 20.9 Å². The standard InChI is InChI=1S/C17H19N3O3S/c1-10-8-18-15(11(2)16(10)23-4)9-24(21)17-19-13-6-5-12(22-3)7-14(13)20-17/h5-8H,9H2,1-4H3,(H,19,20)/t24-/m0/s1/i3D3,4D2. The van der Waals surface area contributed by atoms with Crippen molar-refractivity contribution in [2.24, 2.45) is 0 Å². The maximum atomic E-state index is 12.8. The average molecular weight is 350 g/mol. The highest BCUT2D eigenvalue weighted by atomic mass is 32.2. The number of aryl methyl sites for hydroxylation is 1. The Kier molecular flexibility index (Phi) is 3.16. The topological polar surface area (TPSA) is 83.1 Å². The summed E-state index contributed by atoms with van der Waals surface area (Å²) in [4.78, 5) is 11.5. The summed E-state index contributed by atoms with van der Waals surface area (Å²) in [7, 11) is -4.05. The molecule has 3 rings (SSSR count). The van der Waals surface area contributed by atoms with Crippen LogP contribution < -0.4 is 9.47 Å². The number of fused-ring (bicyclic) bond motifs is 1. The zero-order valence-corrected chi connectivity index (χ0v) is 13.9. The third kappa shape index (κ3) is 3.05. The van der Waals surface area contributed by atoms with Gasteiger partial charge in [-0.05, 0) is 26.0 Å². The number of hydrogen-bond acceptors (Lipinski definition) is 5. The summed E-state index contributed by atoms with van der Waals surface area (Å²) < 4.78 is 59.0. The number of imidazole rings is 1. The Morgan fingerprint density at radius 1 is 1.33 bits per heavy atom. The first-order chi connectivity index (χ1) is 13.5. The van der Waals surface area contributed by atoms with Crippen LogP contribution in [0.4, 0.5) is 0 Å². The smallest absolute Gasteiger partial charge is 0.322 e. The first-order valence-electron chi connectivity index (χ1n) is 9.72. The van der Waals surface area contributed by atoms with Crippen molar-refractivity contribution in [3.05, 3.63) is 41.2 Å². The first kappa shape index (κ1) is 11.3. The van der Waals surface area contributed by atoms with Crippen molar-refractivity contribution in [3.63, 3.8) is 0 Å². The molecule has 0 aliphatic heterocycles. The van der Waals surface area contributed by atoms with E-state index in [0.717, 1.165) is 0 Å². The minimum absolute atomic E-state index is 0.0571. The molecule has 0 fully saturated rings. The molecule has 0 spiro atoms. The molecule has 1 atom stereocenters. The van der Waals surface area contributed by atoms with E-state index in [1.54, 1.807) is 26.1 Å². The molecule has 0 amide bonds. The molecule has 0 saturated carbocycles. The molecule has 1 aromatic carbocycles. The second-order valence-electron chi connectivity index (χ2n) is 5.27. The van der Waals surface area contributed by atoms with Crippen LogP contribution in [0.2, 0.25) is 0 Å². The van der Waals surface area contributed by atoms with Crippen LogP contribution in [0.1, 0.15) is 23.7 Å². The molecular formula is C17H19N3O3S. The normalized spacial score (nSPS) is 16.1. The van der Waals surface area contributed by atoms with Gasteiger partial charge < -0.3 is 14.0 Å². The third-order valence-corrected chi connectivity index (χ3v) is 4.86. The summed E-state index contributed by atoms with van der Waals surface area (Å²) in [6.45, 7) is 3.50. The third-order valence-electron chi connectivity index (χ3n) is 3.70. The van der Waals surface area contributed by atoms with E-state index in [9.17, 15) is 4.55 Å². The highest BCUT2D eigenvalue weighted by molar-refractivity contribution is 7.90. The number of nitrogens with one attached hydrogen (secondary N) is 1. The zero-order chi connectivity index (χ0) is 21.3. The predicted octanol–water partition coefficient (Wildman–Crippen LogP) is 2.90. The Labute approximate surface area is 150 Å². The minimum atomic E-state index is -2.57. The van der Waals surface area contributed by atoms with Gasteiger partial charge in [-0.25, -0.2) is 0 Å². The van der Waals surface area contributed by atoms with Crippen LogP contribution in [0.3, 0.4) is 0 Å². The lowest BCUT2D eigenvalue weighted by Crippen LogP contribution is -2.10. The molecule has 0 unspecified atom stereocenters. The van der Waals surface area contributed by atoms with Gasteiger partial charge in [0, 0.05) is 34.6 Å². The van der Waals surface area contributed by atoms with Crippen LogP contribution in [-0.4, -0.2) is 33.6 Å². The number of H-pyrrole nitrogens is 1. The molecule has 0 aliphatic rings. The van der Waals surface area contributed by atoms with E-state index in [4.69, 9.17) is 16.3 Å². The first-order valence-corrected chi connectivity index (χ1v) is 8.39. The average Bonchev–Trinajstić information content (AvgIpc) is 3.03. The van der Waals surface area contributed by atoms with Crippen molar-refractivity contribution in [3.8, 4) is 11.5 Å². The number of hydrogen-bond donors (Lipinski definition) is 1. The number of methoxy groups -OCH3 is 2. The number of nitrogens with zero attached hydrogens (tertiary/aromatic N) is 2. The lowest BCUT2D eigenvalue weighted by molar-refractivity contribution is 0.407. The summed E-state index contributed by atoms with van der Waals surface area (Å²) in [5.41, 5.74) is 2.84. The van der Waals surface area contributed by atoms with Crippen LogP contribution in [0.5, 0.6) is 11.5 Å². The number of rotatable bonds is 5. The summed E-state index contributed by atoms with van der Waals surface area (Å²) in [6.07, 6.45) is 1.55. The fourth-order valence-electron chi connectivity index (χ4n) is 2.41. The van der Waals surface area contributed by atoms with Crippen molar-refractivity contribution in [1.29, 1.82) is 0 Å².